The van der Waals surface area contributed by atoms with Crippen LogP contribution in [0.4, 0.5) is 0 Å². The molecule has 0 radical (unpaired) electrons. The molecule has 1 saturated heterocycles. The van der Waals surface area contributed by atoms with E-state index in [0.717, 1.165) is 12.0 Å². The maximum Gasteiger partial charge on any atom is 0.220 e. The van der Waals surface area contributed by atoms with E-state index in [0.29, 0.717) is 26.1 Å². The Morgan fingerprint density at radius 1 is 1.39 bits per heavy atom. The van der Waals surface area contributed by atoms with E-state index in [1.807, 2.05) is 30.3 Å². The molecule has 0 bridgehead atoms. The van der Waals surface area contributed by atoms with Crippen LogP contribution in [0.25, 0.3) is 0 Å². The number of aliphatic hydroxyl groups is 1. The molecule has 18 heavy (non-hydrogen) atoms. The minimum Gasteiger partial charge on any atom is -0.386 e. The minimum absolute atomic E-state index is 0.0285. The van der Waals surface area contributed by atoms with Gasteiger partial charge in [0.25, 0.3) is 0 Å². The predicted octanol–water partition coefficient (Wildman–Crippen LogP) is 0.887. The van der Waals surface area contributed by atoms with Crippen LogP contribution in [0.15, 0.2) is 30.3 Å². The molecule has 1 aromatic carbocycles. The molecule has 2 N–H and O–H groups in total. The standard InChI is InChI=1S/C14H19NO3/c16-13(7-6-12-4-2-1-3-5-12)15-10-14(17)8-9-18-11-14/h1-5,17H,6-11H2,(H,15,16)/t14-/m1/s1. The minimum atomic E-state index is -0.873. The Hall–Kier alpha value is -1.39. The Labute approximate surface area is 107 Å². The fourth-order valence-electron chi connectivity index (χ4n) is 1.99. The SMILES string of the molecule is O=C(CCc1ccccc1)NC[C@]1(O)CCOC1. The van der Waals surface area contributed by atoms with Gasteiger partial charge in [0.1, 0.15) is 5.60 Å². The summed E-state index contributed by atoms with van der Waals surface area (Å²) >= 11 is 0. The smallest absolute Gasteiger partial charge is 0.220 e. The van der Waals surface area contributed by atoms with Crippen molar-refractivity contribution < 1.29 is 14.6 Å². The van der Waals surface area contributed by atoms with Crippen molar-refractivity contribution in [2.75, 3.05) is 19.8 Å². The molecular formula is C14H19NO3. The molecule has 0 saturated carbocycles. The first-order valence-corrected chi connectivity index (χ1v) is 6.29. The van der Waals surface area contributed by atoms with Crippen LogP contribution in [0.1, 0.15) is 18.4 Å². The molecular weight excluding hydrogens is 230 g/mol. The number of carbonyl (C=O) groups is 1. The zero-order chi connectivity index (χ0) is 12.8. The molecule has 1 atom stereocenters. The van der Waals surface area contributed by atoms with Crippen LogP contribution in [0, 0.1) is 0 Å². The average Bonchev–Trinajstić information content (AvgIpc) is 2.83. The Morgan fingerprint density at radius 3 is 2.83 bits per heavy atom. The third-order valence-electron chi connectivity index (χ3n) is 3.18. The fourth-order valence-corrected chi connectivity index (χ4v) is 1.99. The normalized spacial score (nSPS) is 22.9. The van der Waals surface area contributed by atoms with Crippen molar-refractivity contribution in [3.05, 3.63) is 35.9 Å². The van der Waals surface area contributed by atoms with Crippen LogP contribution in [-0.2, 0) is 16.0 Å². The maximum atomic E-state index is 11.7. The predicted molar refractivity (Wildman–Crippen MR) is 68.2 cm³/mol. The first kappa shape index (κ1) is 13.1. The van der Waals surface area contributed by atoms with E-state index in [1.54, 1.807) is 0 Å². The fraction of sp³-hybridized carbons (Fsp3) is 0.500. The summed E-state index contributed by atoms with van der Waals surface area (Å²) in [6, 6.07) is 9.90. The van der Waals surface area contributed by atoms with Crippen LogP contribution in [-0.4, -0.2) is 36.4 Å². The first-order chi connectivity index (χ1) is 8.68. The van der Waals surface area contributed by atoms with E-state index in [4.69, 9.17) is 4.74 Å². The Bertz CT molecular complexity index is 385. The number of benzene rings is 1. The van der Waals surface area contributed by atoms with Crippen LogP contribution >= 0.6 is 0 Å². The highest BCUT2D eigenvalue weighted by Gasteiger charge is 2.32. The van der Waals surface area contributed by atoms with Crippen molar-refractivity contribution in [1.82, 2.24) is 5.32 Å². The number of hydrogen-bond donors (Lipinski definition) is 2. The number of hydrogen-bond acceptors (Lipinski definition) is 3. The van der Waals surface area contributed by atoms with Gasteiger partial charge >= 0.3 is 0 Å². The summed E-state index contributed by atoms with van der Waals surface area (Å²) in [6.07, 6.45) is 1.76. The highest BCUT2D eigenvalue weighted by molar-refractivity contribution is 5.76. The molecule has 1 heterocycles. The number of ether oxygens (including phenoxy) is 1. The maximum absolute atomic E-state index is 11.7. The van der Waals surface area contributed by atoms with Gasteiger partial charge in [-0.1, -0.05) is 30.3 Å². The largest absolute Gasteiger partial charge is 0.386 e. The average molecular weight is 249 g/mol. The van der Waals surface area contributed by atoms with Crippen molar-refractivity contribution in [2.24, 2.45) is 0 Å². The van der Waals surface area contributed by atoms with Crippen molar-refractivity contribution in [1.29, 1.82) is 0 Å². The Kier molecular flexibility index (Phi) is 4.33. The number of carbonyl (C=O) groups excluding carboxylic acids is 1. The second-order valence-corrected chi connectivity index (χ2v) is 4.79. The lowest BCUT2D eigenvalue weighted by atomic mass is 10.0. The summed E-state index contributed by atoms with van der Waals surface area (Å²) in [5.74, 6) is -0.0285. The van der Waals surface area contributed by atoms with Crippen molar-refractivity contribution in [3.8, 4) is 0 Å². The first-order valence-electron chi connectivity index (χ1n) is 6.29. The summed E-state index contributed by atoms with van der Waals surface area (Å²) in [5, 5.41) is 12.8. The number of rotatable bonds is 5. The van der Waals surface area contributed by atoms with Gasteiger partial charge in [0.2, 0.25) is 5.91 Å². The molecule has 0 aliphatic carbocycles. The van der Waals surface area contributed by atoms with Crippen LogP contribution in [0.3, 0.4) is 0 Å². The van der Waals surface area contributed by atoms with Crippen LogP contribution < -0.4 is 5.32 Å². The topological polar surface area (TPSA) is 58.6 Å². The lowest BCUT2D eigenvalue weighted by molar-refractivity contribution is -0.122. The summed E-state index contributed by atoms with van der Waals surface area (Å²) in [5.41, 5.74) is 0.276. The summed E-state index contributed by atoms with van der Waals surface area (Å²) in [7, 11) is 0. The molecule has 1 aliphatic heterocycles. The van der Waals surface area contributed by atoms with Gasteiger partial charge in [0.15, 0.2) is 0 Å². The zero-order valence-electron chi connectivity index (χ0n) is 10.4. The number of amides is 1. The van der Waals surface area contributed by atoms with Gasteiger partial charge in [-0.3, -0.25) is 4.79 Å². The number of nitrogens with one attached hydrogen (secondary N) is 1. The third-order valence-corrected chi connectivity index (χ3v) is 3.18. The second kappa shape index (κ2) is 5.98. The summed E-state index contributed by atoms with van der Waals surface area (Å²) in [4.78, 5) is 11.7. The van der Waals surface area contributed by atoms with E-state index in [2.05, 4.69) is 5.32 Å². The summed E-state index contributed by atoms with van der Waals surface area (Å²) in [6.45, 7) is 1.16. The zero-order valence-corrected chi connectivity index (χ0v) is 10.4. The lowest BCUT2D eigenvalue weighted by Crippen LogP contribution is -2.43. The molecule has 4 nitrogen and oxygen atoms in total. The quantitative estimate of drug-likeness (QED) is 0.814. The summed E-state index contributed by atoms with van der Waals surface area (Å²) < 4.78 is 5.12. The van der Waals surface area contributed by atoms with Gasteiger partial charge in [0, 0.05) is 26.0 Å². The molecule has 2 rings (SSSR count). The monoisotopic (exact) mass is 249 g/mol. The van der Waals surface area contributed by atoms with Gasteiger partial charge in [-0.25, -0.2) is 0 Å². The van der Waals surface area contributed by atoms with Gasteiger partial charge in [-0.2, -0.15) is 0 Å². The van der Waals surface area contributed by atoms with Gasteiger partial charge in [0.05, 0.1) is 6.61 Å². The molecule has 0 aromatic heterocycles. The van der Waals surface area contributed by atoms with Crippen LogP contribution in [0.5, 0.6) is 0 Å². The van der Waals surface area contributed by atoms with Crippen LogP contribution in [0.2, 0.25) is 0 Å². The van der Waals surface area contributed by atoms with Gasteiger partial charge in [-0.05, 0) is 12.0 Å². The molecule has 1 fully saturated rings. The van der Waals surface area contributed by atoms with E-state index in [9.17, 15) is 9.90 Å². The third kappa shape index (κ3) is 3.82. The number of aryl methyl sites for hydroxylation is 1. The molecule has 4 heteroatoms. The molecule has 0 unspecified atom stereocenters. The van der Waals surface area contributed by atoms with Crippen molar-refractivity contribution >= 4 is 5.91 Å². The van der Waals surface area contributed by atoms with E-state index in [1.165, 1.54) is 0 Å². The van der Waals surface area contributed by atoms with Crippen molar-refractivity contribution in [2.45, 2.75) is 24.9 Å². The Morgan fingerprint density at radius 2 is 2.17 bits per heavy atom. The lowest BCUT2D eigenvalue weighted by Gasteiger charge is -2.20. The highest BCUT2D eigenvalue weighted by Crippen LogP contribution is 2.16. The Balaban J connectivity index is 1.69. The highest BCUT2D eigenvalue weighted by atomic mass is 16.5. The molecule has 98 valence electrons. The second-order valence-electron chi connectivity index (χ2n) is 4.79. The molecule has 1 amide bonds. The van der Waals surface area contributed by atoms with E-state index in [-0.39, 0.29) is 12.5 Å². The van der Waals surface area contributed by atoms with E-state index < -0.39 is 5.60 Å². The van der Waals surface area contributed by atoms with Gasteiger partial charge in [-0.15, -0.1) is 0 Å². The van der Waals surface area contributed by atoms with Gasteiger partial charge < -0.3 is 15.2 Å². The van der Waals surface area contributed by atoms with Crippen molar-refractivity contribution in [3.63, 3.8) is 0 Å². The molecule has 1 aliphatic rings. The van der Waals surface area contributed by atoms with E-state index >= 15 is 0 Å². The molecule has 0 spiro atoms. The molecule has 1 aromatic rings.